The van der Waals surface area contributed by atoms with Crippen LogP contribution in [0.1, 0.15) is 25.0 Å². The number of hydrogen-bond acceptors (Lipinski definition) is 2. The summed E-state index contributed by atoms with van der Waals surface area (Å²) in [5.41, 5.74) is 7.83. The van der Waals surface area contributed by atoms with Crippen molar-refractivity contribution in [2.45, 2.75) is 33.1 Å². The van der Waals surface area contributed by atoms with Crippen LogP contribution in [0.3, 0.4) is 0 Å². The first-order valence-electron chi connectivity index (χ1n) is 4.72. The average Bonchev–Trinajstić information content (AvgIpc) is 2.15. The first-order chi connectivity index (χ1) is 6.63. The van der Waals surface area contributed by atoms with Gasteiger partial charge >= 0.3 is 0 Å². The number of benzene rings is 1. The lowest BCUT2D eigenvalue weighted by Crippen LogP contribution is -2.03. The summed E-state index contributed by atoms with van der Waals surface area (Å²) in [7, 11) is 0. The van der Waals surface area contributed by atoms with Gasteiger partial charge in [0.25, 0.3) is 0 Å². The van der Waals surface area contributed by atoms with Gasteiger partial charge in [-0.1, -0.05) is 28.1 Å². The third-order valence-corrected chi connectivity index (χ3v) is 2.66. The second kappa shape index (κ2) is 5.49. The van der Waals surface area contributed by atoms with Gasteiger partial charge in [-0.15, -0.1) is 0 Å². The molecule has 0 spiro atoms. The Morgan fingerprint density at radius 1 is 1.43 bits per heavy atom. The van der Waals surface area contributed by atoms with Gasteiger partial charge in [-0.05, 0) is 31.0 Å². The molecule has 0 fully saturated rings. The van der Waals surface area contributed by atoms with Crippen molar-refractivity contribution in [2.75, 3.05) is 0 Å². The zero-order chi connectivity index (χ0) is 10.6. The molecular weight excluding hydrogens is 242 g/mol. The molecular formula is C11H16BrNO. The van der Waals surface area contributed by atoms with E-state index in [1.807, 2.05) is 26.0 Å². The van der Waals surface area contributed by atoms with Crippen LogP contribution >= 0.6 is 15.9 Å². The van der Waals surface area contributed by atoms with E-state index in [2.05, 4.69) is 22.0 Å². The van der Waals surface area contributed by atoms with Crippen molar-refractivity contribution >= 4 is 15.9 Å². The van der Waals surface area contributed by atoms with E-state index in [4.69, 9.17) is 10.5 Å². The summed E-state index contributed by atoms with van der Waals surface area (Å²) in [4.78, 5) is 0. The van der Waals surface area contributed by atoms with Gasteiger partial charge in [-0.25, -0.2) is 0 Å². The van der Waals surface area contributed by atoms with Crippen LogP contribution in [-0.4, -0.2) is 6.10 Å². The Hall–Kier alpha value is -0.380. The van der Waals surface area contributed by atoms with Gasteiger partial charge in [0, 0.05) is 11.0 Å². The summed E-state index contributed by atoms with van der Waals surface area (Å²) in [5.74, 6) is 0. The molecule has 0 radical (unpaired) electrons. The molecule has 1 rings (SSSR count). The minimum absolute atomic E-state index is 0.260. The Morgan fingerprint density at radius 2 is 2.14 bits per heavy atom. The van der Waals surface area contributed by atoms with Crippen LogP contribution in [0, 0.1) is 0 Å². The minimum Gasteiger partial charge on any atom is -0.374 e. The summed E-state index contributed by atoms with van der Waals surface area (Å²) in [6.07, 6.45) is 0.260. The van der Waals surface area contributed by atoms with Crippen molar-refractivity contribution in [3.63, 3.8) is 0 Å². The lowest BCUT2D eigenvalue weighted by Gasteiger charge is -2.09. The van der Waals surface area contributed by atoms with Gasteiger partial charge in [0.05, 0.1) is 12.7 Å². The molecule has 0 aliphatic carbocycles. The highest BCUT2D eigenvalue weighted by molar-refractivity contribution is 9.10. The van der Waals surface area contributed by atoms with Crippen molar-refractivity contribution in [2.24, 2.45) is 5.73 Å². The molecule has 3 heteroatoms. The predicted molar refractivity (Wildman–Crippen MR) is 62.0 cm³/mol. The van der Waals surface area contributed by atoms with Crippen LogP contribution in [0.15, 0.2) is 22.7 Å². The average molecular weight is 258 g/mol. The standard InChI is InChI=1S/C11H16BrNO/c1-8(2)14-7-10-4-3-9(6-13)5-11(10)12/h3-5,8H,6-7,13H2,1-2H3. The SMILES string of the molecule is CC(C)OCc1ccc(CN)cc1Br. The number of halogens is 1. The van der Waals surface area contributed by atoms with Crippen LogP contribution in [0.2, 0.25) is 0 Å². The summed E-state index contributed by atoms with van der Waals surface area (Å²) in [6.45, 7) is 5.28. The van der Waals surface area contributed by atoms with Crippen molar-refractivity contribution in [1.82, 2.24) is 0 Å². The van der Waals surface area contributed by atoms with E-state index in [1.165, 1.54) is 0 Å². The Kier molecular flexibility index (Phi) is 4.58. The third-order valence-electron chi connectivity index (χ3n) is 1.93. The molecule has 1 aromatic rings. The Balaban J connectivity index is 2.69. The lowest BCUT2D eigenvalue weighted by molar-refractivity contribution is 0.0653. The maximum Gasteiger partial charge on any atom is 0.0731 e. The summed E-state index contributed by atoms with van der Waals surface area (Å²) in [5, 5.41) is 0. The maximum atomic E-state index is 5.54. The second-order valence-electron chi connectivity index (χ2n) is 3.49. The molecule has 0 bridgehead atoms. The highest BCUT2D eigenvalue weighted by atomic mass is 79.9. The largest absolute Gasteiger partial charge is 0.374 e. The molecule has 0 unspecified atom stereocenters. The van der Waals surface area contributed by atoms with Gasteiger partial charge in [0.15, 0.2) is 0 Å². The molecule has 14 heavy (non-hydrogen) atoms. The smallest absolute Gasteiger partial charge is 0.0731 e. The first kappa shape index (κ1) is 11.7. The topological polar surface area (TPSA) is 35.2 Å². The Morgan fingerprint density at radius 3 is 2.64 bits per heavy atom. The van der Waals surface area contributed by atoms with Gasteiger partial charge in [-0.2, -0.15) is 0 Å². The molecule has 0 saturated heterocycles. The molecule has 0 aliphatic rings. The van der Waals surface area contributed by atoms with E-state index < -0.39 is 0 Å². The lowest BCUT2D eigenvalue weighted by atomic mass is 10.1. The van der Waals surface area contributed by atoms with Crippen LogP contribution in [0.5, 0.6) is 0 Å². The molecule has 1 aromatic carbocycles. The molecule has 0 aliphatic heterocycles. The quantitative estimate of drug-likeness (QED) is 0.901. The summed E-state index contributed by atoms with van der Waals surface area (Å²) >= 11 is 3.50. The summed E-state index contributed by atoms with van der Waals surface area (Å²) in [6, 6.07) is 6.12. The highest BCUT2D eigenvalue weighted by Gasteiger charge is 2.02. The van der Waals surface area contributed by atoms with E-state index in [-0.39, 0.29) is 6.10 Å². The molecule has 2 N–H and O–H groups in total. The van der Waals surface area contributed by atoms with E-state index in [0.717, 1.165) is 15.6 Å². The van der Waals surface area contributed by atoms with Crippen LogP contribution in [-0.2, 0) is 17.9 Å². The second-order valence-corrected chi connectivity index (χ2v) is 4.34. The molecule has 0 heterocycles. The van der Waals surface area contributed by atoms with Crippen molar-refractivity contribution in [3.8, 4) is 0 Å². The minimum atomic E-state index is 0.260. The van der Waals surface area contributed by atoms with Crippen LogP contribution in [0.4, 0.5) is 0 Å². The monoisotopic (exact) mass is 257 g/mol. The Bertz CT molecular complexity index is 299. The molecule has 0 aromatic heterocycles. The third kappa shape index (κ3) is 3.40. The highest BCUT2D eigenvalue weighted by Crippen LogP contribution is 2.19. The van der Waals surface area contributed by atoms with Gasteiger partial charge in [0.1, 0.15) is 0 Å². The fourth-order valence-corrected chi connectivity index (χ4v) is 1.63. The number of nitrogens with two attached hydrogens (primary N) is 1. The summed E-state index contributed by atoms with van der Waals surface area (Å²) < 4.78 is 6.59. The maximum absolute atomic E-state index is 5.54. The van der Waals surface area contributed by atoms with Gasteiger partial charge in [0.2, 0.25) is 0 Å². The molecule has 0 amide bonds. The molecule has 78 valence electrons. The zero-order valence-corrected chi connectivity index (χ0v) is 10.2. The van der Waals surface area contributed by atoms with E-state index in [0.29, 0.717) is 13.2 Å². The Labute approximate surface area is 93.6 Å². The predicted octanol–water partition coefficient (Wildman–Crippen LogP) is 2.83. The zero-order valence-electron chi connectivity index (χ0n) is 8.59. The van der Waals surface area contributed by atoms with E-state index in [1.54, 1.807) is 0 Å². The van der Waals surface area contributed by atoms with Gasteiger partial charge in [-0.3, -0.25) is 0 Å². The molecule has 0 saturated carbocycles. The molecule has 2 nitrogen and oxygen atoms in total. The normalized spacial score (nSPS) is 10.9. The molecule has 0 atom stereocenters. The van der Waals surface area contributed by atoms with Crippen molar-refractivity contribution < 1.29 is 4.74 Å². The van der Waals surface area contributed by atoms with Crippen molar-refractivity contribution in [3.05, 3.63) is 33.8 Å². The first-order valence-corrected chi connectivity index (χ1v) is 5.51. The van der Waals surface area contributed by atoms with Gasteiger partial charge < -0.3 is 10.5 Å². The van der Waals surface area contributed by atoms with Crippen LogP contribution < -0.4 is 5.73 Å². The fourth-order valence-electron chi connectivity index (χ4n) is 1.09. The fraction of sp³-hybridized carbons (Fsp3) is 0.455. The van der Waals surface area contributed by atoms with E-state index >= 15 is 0 Å². The van der Waals surface area contributed by atoms with E-state index in [9.17, 15) is 0 Å². The number of ether oxygens (including phenoxy) is 1. The number of hydrogen-bond donors (Lipinski definition) is 1. The van der Waals surface area contributed by atoms with Crippen molar-refractivity contribution in [1.29, 1.82) is 0 Å². The van der Waals surface area contributed by atoms with Crippen LogP contribution in [0.25, 0.3) is 0 Å². The number of rotatable bonds is 4.